The molecule has 26 heavy (non-hydrogen) atoms. The predicted molar refractivity (Wildman–Crippen MR) is 103 cm³/mol. The molecule has 6 nitrogen and oxygen atoms in total. The van der Waals surface area contributed by atoms with Gasteiger partial charge in [0.25, 0.3) is 0 Å². The lowest BCUT2D eigenvalue weighted by atomic mass is 10.1. The topological polar surface area (TPSA) is 84.4 Å². The standard InChI is InChI=1S/C16H19ClN2O4S3/c1-2-25(20,21)16-18-14(15(24-16)19-10-4-3-5-11-19)26(22,23)13-8-6-12(17)7-9-13/h6-9H,2-5,10-11H2,1H3. The third-order valence-electron chi connectivity index (χ3n) is 4.23. The van der Waals surface area contributed by atoms with Gasteiger partial charge >= 0.3 is 0 Å². The van der Waals surface area contributed by atoms with Crippen LogP contribution in [0.2, 0.25) is 5.02 Å². The van der Waals surface area contributed by atoms with E-state index in [9.17, 15) is 16.8 Å². The SMILES string of the molecule is CCS(=O)(=O)c1nc(S(=O)(=O)c2ccc(Cl)cc2)c(N2CCCCC2)s1. The Morgan fingerprint density at radius 3 is 2.27 bits per heavy atom. The maximum absolute atomic E-state index is 13.1. The summed E-state index contributed by atoms with van der Waals surface area (Å²) in [6.07, 6.45) is 2.96. The first-order valence-corrected chi connectivity index (χ1v) is 12.6. The van der Waals surface area contributed by atoms with Gasteiger partial charge in [-0.05, 0) is 43.5 Å². The van der Waals surface area contributed by atoms with Gasteiger partial charge in [0.2, 0.25) is 24.0 Å². The van der Waals surface area contributed by atoms with Gasteiger partial charge in [0.05, 0.1) is 10.6 Å². The second-order valence-electron chi connectivity index (χ2n) is 6.00. The number of piperidine rings is 1. The van der Waals surface area contributed by atoms with E-state index >= 15 is 0 Å². The first kappa shape index (κ1) is 19.6. The number of thiazole rings is 1. The Kier molecular flexibility index (Phi) is 5.62. The molecule has 0 amide bonds. The van der Waals surface area contributed by atoms with E-state index in [2.05, 4.69) is 4.98 Å². The number of benzene rings is 1. The molecule has 0 saturated carbocycles. The molecular weight excluding hydrogens is 416 g/mol. The highest BCUT2D eigenvalue weighted by atomic mass is 35.5. The van der Waals surface area contributed by atoms with Crippen molar-refractivity contribution in [3.05, 3.63) is 29.3 Å². The molecule has 3 rings (SSSR count). The fourth-order valence-electron chi connectivity index (χ4n) is 2.73. The van der Waals surface area contributed by atoms with E-state index in [0.29, 0.717) is 23.1 Å². The summed E-state index contributed by atoms with van der Waals surface area (Å²) < 4.78 is 50.6. The molecule has 142 valence electrons. The predicted octanol–water partition coefficient (Wildman–Crippen LogP) is 3.41. The Morgan fingerprint density at radius 1 is 1.08 bits per heavy atom. The molecule has 1 aliphatic rings. The van der Waals surface area contributed by atoms with Crippen LogP contribution in [0.5, 0.6) is 0 Å². The van der Waals surface area contributed by atoms with Gasteiger partial charge in [0.15, 0.2) is 5.03 Å². The van der Waals surface area contributed by atoms with Crippen molar-refractivity contribution < 1.29 is 16.8 Å². The summed E-state index contributed by atoms with van der Waals surface area (Å²) >= 11 is 6.79. The minimum atomic E-state index is -3.95. The number of hydrogen-bond donors (Lipinski definition) is 0. The van der Waals surface area contributed by atoms with Crippen LogP contribution in [0.25, 0.3) is 0 Å². The van der Waals surface area contributed by atoms with Crippen LogP contribution in [0.15, 0.2) is 38.5 Å². The summed E-state index contributed by atoms with van der Waals surface area (Å²) in [5, 5.41) is 0.651. The lowest BCUT2D eigenvalue weighted by Gasteiger charge is -2.27. The normalized spacial score (nSPS) is 16.0. The molecule has 2 aromatic rings. The van der Waals surface area contributed by atoms with Crippen molar-refractivity contribution in [2.45, 2.75) is 40.4 Å². The molecule has 1 saturated heterocycles. The van der Waals surface area contributed by atoms with E-state index in [1.54, 1.807) is 0 Å². The Hall–Kier alpha value is -1.16. The summed E-state index contributed by atoms with van der Waals surface area (Å²) in [6, 6.07) is 5.80. The molecule has 0 N–H and O–H groups in total. The Morgan fingerprint density at radius 2 is 1.69 bits per heavy atom. The van der Waals surface area contributed by atoms with E-state index in [-0.39, 0.29) is 20.0 Å². The molecule has 0 aliphatic carbocycles. The van der Waals surface area contributed by atoms with Crippen molar-refractivity contribution >= 4 is 47.6 Å². The van der Waals surface area contributed by atoms with Gasteiger partial charge in [-0.15, -0.1) is 0 Å². The van der Waals surface area contributed by atoms with Gasteiger partial charge in [0, 0.05) is 18.1 Å². The number of sulfone groups is 2. The average Bonchev–Trinajstić information content (AvgIpc) is 3.10. The van der Waals surface area contributed by atoms with Crippen LogP contribution in [0, 0.1) is 0 Å². The van der Waals surface area contributed by atoms with E-state index in [0.717, 1.165) is 30.6 Å². The third kappa shape index (κ3) is 3.76. The number of rotatable bonds is 5. The van der Waals surface area contributed by atoms with Gasteiger partial charge in [-0.25, -0.2) is 21.8 Å². The van der Waals surface area contributed by atoms with Gasteiger partial charge in [-0.1, -0.05) is 29.9 Å². The van der Waals surface area contributed by atoms with Crippen LogP contribution in [-0.4, -0.2) is 40.7 Å². The Bertz CT molecular complexity index is 993. The van der Waals surface area contributed by atoms with E-state index in [1.165, 1.54) is 31.2 Å². The zero-order chi connectivity index (χ0) is 18.9. The zero-order valence-electron chi connectivity index (χ0n) is 14.2. The number of aromatic nitrogens is 1. The van der Waals surface area contributed by atoms with Crippen molar-refractivity contribution in [3.8, 4) is 0 Å². The number of nitrogens with zero attached hydrogens (tertiary/aromatic N) is 2. The molecule has 2 heterocycles. The molecule has 0 atom stereocenters. The number of hydrogen-bond acceptors (Lipinski definition) is 7. The monoisotopic (exact) mass is 434 g/mol. The lowest BCUT2D eigenvalue weighted by Crippen LogP contribution is -2.29. The van der Waals surface area contributed by atoms with Crippen LogP contribution in [0.4, 0.5) is 5.00 Å². The minimum Gasteiger partial charge on any atom is -0.361 e. The van der Waals surface area contributed by atoms with Crippen LogP contribution in [-0.2, 0) is 19.7 Å². The fraction of sp³-hybridized carbons (Fsp3) is 0.438. The smallest absolute Gasteiger partial charge is 0.226 e. The van der Waals surface area contributed by atoms with Crippen LogP contribution >= 0.6 is 22.9 Å². The molecule has 0 bridgehead atoms. The Labute approximate surface area is 162 Å². The molecule has 1 aliphatic heterocycles. The van der Waals surface area contributed by atoms with Crippen LogP contribution in [0.3, 0.4) is 0 Å². The summed E-state index contributed by atoms with van der Waals surface area (Å²) in [4.78, 5) is 6.04. The van der Waals surface area contributed by atoms with E-state index < -0.39 is 19.7 Å². The Balaban J connectivity index is 2.16. The summed E-state index contributed by atoms with van der Waals surface area (Å²) in [7, 11) is -7.54. The van der Waals surface area contributed by atoms with Crippen molar-refractivity contribution in [3.63, 3.8) is 0 Å². The summed E-state index contributed by atoms with van der Waals surface area (Å²) in [6.45, 7) is 2.90. The second-order valence-corrected chi connectivity index (χ2v) is 11.7. The summed E-state index contributed by atoms with van der Waals surface area (Å²) in [5.41, 5.74) is 0. The maximum Gasteiger partial charge on any atom is 0.226 e. The molecule has 0 radical (unpaired) electrons. The highest BCUT2D eigenvalue weighted by molar-refractivity contribution is 7.94. The molecule has 1 aromatic heterocycles. The van der Waals surface area contributed by atoms with Gasteiger partial charge < -0.3 is 4.90 Å². The molecule has 0 spiro atoms. The lowest BCUT2D eigenvalue weighted by molar-refractivity contribution is 0.571. The highest BCUT2D eigenvalue weighted by Crippen LogP contribution is 2.38. The minimum absolute atomic E-state index is 0.0471. The van der Waals surface area contributed by atoms with Gasteiger partial charge in [0.1, 0.15) is 5.00 Å². The number of halogens is 1. The first-order chi connectivity index (χ1) is 12.3. The highest BCUT2D eigenvalue weighted by Gasteiger charge is 2.32. The van der Waals surface area contributed by atoms with E-state index in [4.69, 9.17) is 11.6 Å². The maximum atomic E-state index is 13.1. The second kappa shape index (κ2) is 7.46. The van der Waals surface area contributed by atoms with Crippen molar-refractivity contribution in [2.24, 2.45) is 0 Å². The molecule has 0 unspecified atom stereocenters. The molecule has 1 aromatic carbocycles. The van der Waals surface area contributed by atoms with E-state index in [1.807, 2.05) is 4.90 Å². The van der Waals surface area contributed by atoms with Crippen molar-refractivity contribution in [2.75, 3.05) is 23.7 Å². The van der Waals surface area contributed by atoms with Gasteiger partial charge in [-0.2, -0.15) is 0 Å². The third-order valence-corrected chi connectivity index (χ3v) is 9.60. The first-order valence-electron chi connectivity index (χ1n) is 8.25. The molecule has 10 heteroatoms. The zero-order valence-corrected chi connectivity index (χ0v) is 17.4. The van der Waals surface area contributed by atoms with Gasteiger partial charge in [-0.3, -0.25) is 0 Å². The van der Waals surface area contributed by atoms with Crippen molar-refractivity contribution in [1.29, 1.82) is 0 Å². The molecular formula is C16H19ClN2O4S3. The molecule has 1 fully saturated rings. The largest absolute Gasteiger partial charge is 0.361 e. The average molecular weight is 435 g/mol. The van der Waals surface area contributed by atoms with Crippen molar-refractivity contribution in [1.82, 2.24) is 4.98 Å². The van der Waals surface area contributed by atoms with Crippen LogP contribution < -0.4 is 4.90 Å². The summed E-state index contributed by atoms with van der Waals surface area (Å²) in [5.74, 6) is -0.125. The quantitative estimate of drug-likeness (QED) is 0.716. The fourth-order valence-corrected chi connectivity index (χ4v) is 7.04. The number of anilines is 1. The van der Waals surface area contributed by atoms with Crippen LogP contribution in [0.1, 0.15) is 26.2 Å².